The predicted octanol–water partition coefficient (Wildman–Crippen LogP) is 3.05. The molecule has 0 aromatic heterocycles. The molecule has 0 unspecified atom stereocenters. The van der Waals surface area contributed by atoms with E-state index in [2.05, 4.69) is 51.4 Å². The second kappa shape index (κ2) is 3.02. The lowest BCUT2D eigenvalue weighted by molar-refractivity contribution is 0.291. The van der Waals surface area contributed by atoms with Crippen LogP contribution in [0.25, 0.3) is 0 Å². The summed E-state index contributed by atoms with van der Waals surface area (Å²) in [5.41, 5.74) is 2.91. The lowest BCUT2D eigenvalue weighted by Crippen LogP contribution is -2.52. The Morgan fingerprint density at radius 1 is 1.21 bits per heavy atom. The molecule has 2 N–H and O–H groups in total. The van der Waals surface area contributed by atoms with Crippen molar-refractivity contribution in [2.45, 2.75) is 24.8 Å². The molecule has 74 valence electrons. The predicted molar refractivity (Wildman–Crippen MR) is 67.9 cm³/mol. The lowest BCUT2D eigenvalue weighted by atomic mass is 9.75. The fourth-order valence-corrected chi connectivity index (χ4v) is 2.76. The van der Waals surface area contributed by atoms with Crippen molar-refractivity contribution in [2.24, 2.45) is 0 Å². The van der Waals surface area contributed by atoms with Gasteiger partial charge >= 0.3 is 0 Å². The topological polar surface area (TPSA) is 24.1 Å². The number of anilines is 2. The lowest BCUT2D eigenvalue weighted by Gasteiger charge is -2.47. The van der Waals surface area contributed by atoms with Gasteiger partial charge in [-0.25, -0.2) is 0 Å². The first-order valence-electron chi connectivity index (χ1n) is 5.09. The zero-order valence-corrected chi connectivity index (χ0v) is 10.1. The van der Waals surface area contributed by atoms with Crippen LogP contribution in [-0.2, 0) is 0 Å². The molecular formula is C11H13IN2. The van der Waals surface area contributed by atoms with Crippen molar-refractivity contribution < 1.29 is 0 Å². The molecule has 0 saturated heterocycles. The van der Waals surface area contributed by atoms with Gasteiger partial charge in [-0.15, -0.1) is 0 Å². The molecule has 1 spiro atoms. The molecule has 1 saturated carbocycles. The smallest absolute Gasteiger partial charge is 0.0587 e. The fraction of sp³-hybridized carbons (Fsp3) is 0.455. The Bertz CT molecular complexity index is 372. The molecule has 2 aliphatic rings. The third-order valence-electron chi connectivity index (χ3n) is 3.31. The Kier molecular flexibility index (Phi) is 1.90. The van der Waals surface area contributed by atoms with Gasteiger partial charge in [-0.05, 0) is 60.1 Å². The van der Waals surface area contributed by atoms with E-state index in [-0.39, 0.29) is 0 Å². The van der Waals surface area contributed by atoms with E-state index in [1.54, 1.807) is 0 Å². The standard InChI is InChI=1S/C11H13IN2/c12-8-2-3-9-10(6-8)13-7-11(14-9)4-1-5-11/h2-3,6,13-14H,1,4-5,7H2. The first-order chi connectivity index (χ1) is 6.77. The molecule has 1 aromatic carbocycles. The van der Waals surface area contributed by atoms with Crippen LogP contribution in [0.5, 0.6) is 0 Å². The Labute approximate surface area is 97.6 Å². The SMILES string of the molecule is Ic1ccc2c(c1)NCC1(CCC1)N2. The van der Waals surface area contributed by atoms with Gasteiger partial charge in [-0.1, -0.05) is 0 Å². The molecule has 3 heteroatoms. The maximum atomic E-state index is 3.67. The zero-order chi connectivity index (χ0) is 9.60. The highest BCUT2D eigenvalue weighted by Gasteiger charge is 2.39. The van der Waals surface area contributed by atoms with E-state index in [0.717, 1.165) is 6.54 Å². The van der Waals surface area contributed by atoms with Crippen molar-refractivity contribution in [1.82, 2.24) is 0 Å². The van der Waals surface area contributed by atoms with E-state index in [1.807, 2.05) is 0 Å². The van der Waals surface area contributed by atoms with E-state index in [4.69, 9.17) is 0 Å². The number of hydrogen-bond donors (Lipinski definition) is 2. The summed E-state index contributed by atoms with van der Waals surface area (Å²) in [6.45, 7) is 1.08. The van der Waals surface area contributed by atoms with E-state index in [1.165, 1.54) is 34.2 Å². The van der Waals surface area contributed by atoms with Gasteiger partial charge in [0.1, 0.15) is 0 Å². The van der Waals surface area contributed by atoms with Crippen LogP contribution in [0.3, 0.4) is 0 Å². The van der Waals surface area contributed by atoms with Gasteiger partial charge in [0.05, 0.1) is 16.9 Å². The number of benzene rings is 1. The van der Waals surface area contributed by atoms with Crippen LogP contribution in [0.1, 0.15) is 19.3 Å². The summed E-state index contributed by atoms with van der Waals surface area (Å²) >= 11 is 2.35. The van der Waals surface area contributed by atoms with Crippen LogP contribution in [0.2, 0.25) is 0 Å². The van der Waals surface area contributed by atoms with Crippen LogP contribution in [0, 0.1) is 3.57 Å². The number of nitrogens with one attached hydrogen (secondary N) is 2. The summed E-state index contributed by atoms with van der Waals surface area (Å²) < 4.78 is 1.29. The maximum Gasteiger partial charge on any atom is 0.0587 e. The molecule has 2 nitrogen and oxygen atoms in total. The number of halogens is 1. The van der Waals surface area contributed by atoms with Gasteiger partial charge in [0.25, 0.3) is 0 Å². The van der Waals surface area contributed by atoms with Crippen LogP contribution >= 0.6 is 22.6 Å². The van der Waals surface area contributed by atoms with Crippen molar-refractivity contribution in [1.29, 1.82) is 0 Å². The Balaban J connectivity index is 1.94. The van der Waals surface area contributed by atoms with Crippen LogP contribution in [0.15, 0.2) is 18.2 Å². The van der Waals surface area contributed by atoms with E-state index < -0.39 is 0 Å². The van der Waals surface area contributed by atoms with Gasteiger partial charge in [0, 0.05) is 10.1 Å². The highest BCUT2D eigenvalue weighted by Crippen LogP contribution is 2.41. The summed E-state index contributed by atoms with van der Waals surface area (Å²) in [6.07, 6.45) is 3.99. The van der Waals surface area contributed by atoms with Gasteiger partial charge in [-0.2, -0.15) is 0 Å². The van der Waals surface area contributed by atoms with Gasteiger partial charge in [0.15, 0.2) is 0 Å². The molecule has 1 aliphatic carbocycles. The van der Waals surface area contributed by atoms with Crippen molar-refractivity contribution in [2.75, 3.05) is 17.2 Å². The average molecular weight is 300 g/mol. The number of hydrogen-bond acceptors (Lipinski definition) is 2. The van der Waals surface area contributed by atoms with Crippen LogP contribution in [-0.4, -0.2) is 12.1 Å². The summed E-state index contributed by atoms with van der Waals surface area (Å²) in [5.74, 6) is 0. The number of rotatable bonds is 0. The highest BCUT2D eigenvalue weighted by atomic mass is 127. The molecule has 1 aromatic rings. The van der Waals surface area contributed by atoms with Crippen molar-refractivity contribution in [3.05, 3.63) is 21.8 Å². The largest absolute Gasteiger partial charge is 0.381 e. The quantitative estimate of drug-likeness (QED) is 0.720. The van der Waals surface area contributed by atoms with Crippen LogP contribution < -0.4 is 10.6 Å². The third kappa shape index (κ3) is 1.29. The minimum atomic E-state index is 0.375. The molecule has 3 rings (SSSR count). The molecule has 0 bridgehead atoms. The Hall–Kier alpha value is -0.450. The van der Waals surface area contributed by atoms with E-state index in [9.17, 15) is 0 Å². The van der Waals surface area contributed by atoms with Gasteiger partial charge < -0.3 is 10.6 Å². The van der Waals surface area contributed by atoms with Crippen molar-refractivity contribution >= 4 is 34.0 Å². The maximum absolute atomic E-state index is 3.67. The molecular weight excluding hydrogens is 287 g/mol. The van der Waals surface area contributed by atoms with Crippen molar-refractivity contribution in [3.8, 4) is 0 Å². The zero-order valence-electron chi connectivity index (χ0n) is 7.94. The van der Waals surface area contributed by atoms with Crippen molar-refractivity contribution in [3.63, 3.8) is 0 Å². The Morgan fingerprint density at radius 3 is 2.79 bits per heavy atom. The number of fused-ring (bicyclic) bond motifs is 1. The molecule has 0 amide bonds. The normalized spacial score (nSPS) is 21.8. The minimum Gasteiger partial charge on any atom is -0.381 e. The first-order valence-corrected chi connectivity index (χ1v) is 6.17. The molecule has 14 heavy (non-hydrogen) atoms. The van der Waals surface area contributed by atoms with Crippen LogP contribution in [0.4, 0.5) is 11.4 Å². The summed E-state index contributed by atoms with van der Waals surface area (Å²) in [7, 11) is 0. The van der Waals surface area contributed by atoms with Gasteiger partial charge in [0.2, 0.25) is 0 Å². The summed E-state index contributed by atoms with van der Waals surface area (Å²) in [6, 6.07) is 6.55. The second-order valence-electron chi connectivity index (χ2n) is 4.30. The summed E-state index contributed by atoms with van der Waals surface area (Å²) in [5, 5.41) is 7.20. The summed E-state index contributed by atoms with van der Waals surface area (Å²) in [4.78, 5) is 0. The highest BCUT2D eigenvalue weighted by molar-refractivity contribution is 14.1. The molecule has 0 radical (unpaired) electrons. The van der Waals surface area contributed by atoms with E-state index >= 15 is 0 Å². The molecule has 1 heterocycles. The molecule has 0 atom stereocenters. The second-order valence-corrected chi connectivity index (χ2v) is 5.55. The Morgan fingerprint density at radius 2 is 2.07 bits per heavy atom. The molecule has 1 fully saturated rings. The average Bonchev–Trinajstić information content (AvgIpc) is 2.15. The first kappa shape index (κ1) is 8.83. The minimum absolute atomic E-state index is 0.375. The van der Waals surface area contributed by atoms with E-state index in [0.29, 0.717) is 5.54 Å². The molecule has 1 aliphatic heterocycles. The monoisotopic (exact) mass is 300 g/mol. The van der Waals surface area contributed by atoms with Gasteiger partial charge in [-0.3, -0.25) is 0 Å². The third-order valence-corrected chi connectivity index (χ3v) is 3.98. The fourth-order valence-electron chi connectivity index (χ4n) is 2.27.